The van der Waals surface area contributed by atoms with E-state index in [4.69, 9.17) is 4.52 Å². The van der Waals surface area contributed by atoms with E-state index in [1.165, 1.54) is 4.88 Å². The normalized spacial score (nSPS) is 10.6. The average molecular weight is 306 g/mol. The van der Waals surface area contributed by atoms with Crippen molar-refractivity contribution in [2.45, 2.75) is 13.3 Å². The minimum absolute atomic E-state index is 0.620. The van der Waals surface area contributed by atoms with Crippen molar-refractivity contribution in [2.24, 2.45) is 0 Å². The summed E-state index contributed by atoms with van der Waals surface area (Å²) in [5, 5.41) is 3.74. The highest BCUT2D eigenvalue weighted by Gasteiger charge is 2.08. The zero-order valence-electron chi connectivity index (χ0n) is 6.95. The van der Waals surface area contributed by atoms with Crippen LogP contribution in [0.3, 0.4) is 0 Å². The molecule has 0 aliphatic rings. The van der Waals surface area contributed by atoms with Crippen LogP contribution in [0.1, 0.15) is 11.8 Å². The molecule has 0 amide bonds. The molecule has 5 heteroatoms. The van der Waals surface area contributed by atoms with E-state index in [0.717, 1.165) is 11.3 Å². The molecular formula is C8H7IN2OS. The van der Waals surface area contributed by atoms with Gasteiger partial charge < -0.3 is 4.52 Å². The van der Waals surface area contributed by atoms with Crippen LogP contribution in [0, 0.1) is 3.83 Å². The van der Waals surface area contributed by atoms with Crippen LogP contribution < -0.4 is 0 Å². The first-order valence-electron chi connectivity index (χ1n) is 3.88. The predicted molar refractivity (Wildman–Crippen MR) is 59.7 cm³/mol. The molecule has 0 radical (unpaired) electrons. The molecule has 0 unspecified atom stereocenters. The number of aromatic nitrogens is 2. The van der Waals surface area contributed by atoms with Crippen LogP contribution in [0.15, 0.2) is 16.7 Å². The second kappa shape index (κ2) is 3.75. The number of hydrogen-bond donors (Lipinski definition) is 0. The quantitative estimate of drug-likeness (QED) is 0.801. The van der Waals surface area contributed by atoms with Crippen LogP contribution in [-0.4, -0.2) is 10.1 Å². The van der Waals surface area contributed by atoms with Crippen molar-refractivity contribution >= 4 is 33.9 Å². The first-order valence-corrected chi connectivity index (χ1v) is 5.77. The van der Waals surface area contributed by atoms with E-state index in [-0.39, 0.29) is 0 Å². The maximum atomic E-state index is 5.05. The Morgan fingerprint density at radius 2 is 2.38 bits per heavy atom. The molecule has 0 spiro atoms. The van der Waals surface area contributed by atoms with Crippen LogP contribution in [0.25, 0.3) is 10.8 Å². The molecule has 2 aromatic heterocycles. The number of halogens is 1. The molecule has 0 saturated carbocycles. The fourth-order valence-electron chi connectivity index (χ4n) is 0.988. The molecule has 0 aromatic carbocycles. The van der Waals surface area contributed by atoms with Gasteiger partial charge in [0.05, 0.1) is 4.88 Å². The van der Waals surface area contributed by atoms with Gasteiger partial charge >= 0.3 is 0 Å². The van der Waals surface area contributed by atoms with Gasteiger partial charge in [-0.25, -0.2) is 0 Å². The van der Waals surface area contributed by atoms with Gasteiger partial charge in [-0.05, 0) is 18.6 Å². The Labute approximate surface area is 93.3 Å². The Morgan fingerprint density at radius 3 is 2.92 bits per heavy atom. The van der Waals surface area contributed by atoms with Gasteiger partial charge in [0.2, 0.25) is 3.83 Å². The molecule has 0 aliphatic heterocycles. The van der Waals surface area contributed by atoms with Gasteiger partial charge in [0.15, 0.2) is 0 Å². The molecule has 2 heterocycles. The van der Waals surface area contributed by atoms with Crippen molar-refractivity contribution in [3.63, 3.8) is 0 Å². The fourth-order valence-corrected chi connectivity index (χ4v) is 2.18. The third-order valence-corrected chi connectivity index (χ3v) is 3.28. The van der Waals surface area contributed by atoms with E-state index in [1.807, 2.05) is 28.7 Å². The van der Waals surface area contributed by atoms with Gasteiger partial charge in [0.25, 0.3) is 5.89 Å². The number of rotatable bonds is 2. The van der Waals surface area contributed by atoms with Gasteiger partial charge in [-0.3, -0.25) is 0 Å². The first-order chi connectivity index (χ1) is 6.29. The van der Waals surface area contributed by atoms with E-state index in [0.29, 0.717) is 9.72 Å². The Bertz CT molecular complexity index is 410. The van der Waals surface area contributed by atoms with Crippen molar-refractivity contribution in [2.75, 3.05) is 0 Å². The van der Waals surface area contributed by atoms with Crippen molar-refractivity contribution in [1.82, 2.24) is 10.1 Å². The minimum Gasteiger partial charge on any atom is -0.332 e. The molecule has 0 N–H and O–H groups in total. The van der Waals surface area contributed by atoms with E-state index < -0.39 is 0 Å². The lowest BCUT2D eigenvalue weighted by Gasteiger charge is -1.84. The Morgan fingerprint density at radius 1 is 1.54 bits per heavy atom. The van der Waals surface area contributed by atoms with Crippen LogP contribution in [0.2, 0.25) is 0 Å². The molecule has 2 aromatic rings. The van der Waals surface area contributed by atoms with Gasteiger partial charge in [-0.2, -0.15) is 4.98 Å². The summed E-state index contributed by atoms with van der Waals surface area (Å²) in [4.78, 5) is 6.53. The zero-order valence-corrected chi connectivity index (χ0v) is 9.92. The lowest BCUT2D eigenvalue weighted by Crippen LogP contribution is -1.71. The number of aryl methyl sites for hydroxylation is 1. The smallest absolute Gasteiger partial charge is 0.268 e. The summed E-state index contributed by atoms with van der Waals surface area (Å²) in [6.45, 7) is 2.13. The van der Waals surface area contributed by atoms with E-state index in [1.54, 1.807) is 11.3 Å². The largest absolute Gasteiger partial charge is 0.332 e. The Balaban J connectivity index is 2.35. The van der Waals surface area contributed by atoms with Gasteiger partial charge in [0.1, 0.15) is 0 Å². The summed E-state index contributed by atoms with van der Waals surface area (Å²) < 4.78 is 5.70. The monoisotopic (exact) mass is 306 g/mol. The molecule has 0 bridgehead atoms. The molecule has 0 saturated heterocycles. The van der Waals surface area contributed by atoms with E-state index in [2.05, 4.69) is 23.1 Å². The van der Waals surface area contributed by atoms with Crippen LogP contribution in [0.5, 0.6) is 0 Å². The van der Waals surface area contributed by atoms with Crippen molar-refractivity contribution in [3.8, 4) is 10.8 Å². The molecule has 0 fully saturated rings. The third-order valence-electron chi connectivity index (χ3n) is 1.62. The summed E-state index contributed by atoms with van der Waals surface area (Å²) in [7, 11) is 0. The molecule has 68 valence electrons. The summed E-state index contributed by atoms with van der Waals surface area (Å²) in [6.07, 6.45) is 1.05. The maximum absolute atomic E-state index is 5.05. The standard InChI is InChI=1S/C8H7IN2OS/c1-2-5-3-4-6(13-5)7-10-8(9)11-12-7/h3-4H,2H2,1H3. The topological polar surface area (TPSA) is 38.9 Å². The third kappa shape index (κ3) is 1.91. The lowest BCUT2D eigenvalue weighted by molar-refractivity contribution is 0.426. The fraction of sp³-hybridized carbons (Fsp3) is 0.250. The van der Waals surface area contributed by atoms with Crippen molar-refractivity contribution in [1.29, 1.82) is 0 Å². The summed E-state index contributed by atoms with van der Waals surface area (Å²) >= 11 is 3.73. The van der Waals surface area contributed by atoms with Crippen molar-refractivity contribution in [3.05, 3.63) is 20.8 Å². The van der Waals surface area contributed by atoms with E-state index in [9.17, 15) is 0 Å². The summed E-state index contributed by atoms with van der Waals surface area (Å²) in [5.41, 5.74) is 0. The second-order valence-corrected chi connectivity index (χ2v) is 4.62. The molecular weight excluding hydrogens is 299 g/mol. The predicted octanol–water partition coefficient (Wildman–Crippen LogP) is 2.97. The van der Waals surface area contributed by atoms with Crippen molar-refractivity contribution < 1.29 is 4.52 Å². The Hall–Kier alpha value is -0.430. The highest BCUT2D eigenvalue weighted by atomic mass is 127. The van der Waals surface area contributed by atoms with Gasteiger partial charge in [-0.1, -0.05) is 12.1 Å². The average Bonchev–Trinajstić information content (AvgIpc) is 2.71. The Kier molecular flexibility index (Phi) is 2.63. The van der Waals surface area contributed by atoms with Gasteiger partial charge in [-0.15, -0.1) is 11.3 Å². The molecule has 3 nitrogen and oxygen atoms in total. The highest BCUT2D eigenvalue weighted by Crippen LogP contribution is 2.26. The summed E-state index contributed by atoms with van der Waals surface area (Å²) in [5.74, 6) is 0.620. The zero-order chi connectivity index (χ0) is 9.26. The minimum atomic E-state index is 0.620. The lowest BCUT2D eigenvalue weighted by atomic mass is 10.4. The van der Waals surface area contributed by atoms with Crippen LogP contribution in [-0.2, 0) is 6.42 Å². The van der Waals surface area contributed by atoms with E-state index >= 15 is 0 Å². The van der Waals surface area contributed by atoms with Crippen LogP contribution in [0.4, 0.5) is 0 Å². The SMILES string of the molecule is CCc1ccc(-c2nc(I)no2)s1. The highest BCUT2D eigenvalue weighted by molar-refractivity contribution is 14.1. The van der Waals surface area contributed by atoms with Gasteiger partial charge in [0, 0.05) is 27.5 Å². The van der Waals surface area contributed by atoms with Crippen LogP contribution >= 0.6 is 33.9 Å². The molecule has 2 rings (SSSR count). The molecule has 0 atom stereocenters. The number of hydrogen-bond acceptors (Lipinski definition) is 4. The molecule has 0 aliphatic carbocycles. The second-order valence-electron chi connectivity index (χ2n) is 2.49. The first kappa shape index (κ1) is 9.14. The number of nitrogens with zero attached hydrogens (tertiary/aromatic N) is 2. The number of thiophene rings is 1. The summed E-state index contributed by atoms with van der Waals surface area (Å²) in [6, 6.07) is 4.12. The molecule has 13 heavy (non-hydrogen) atoms. The maximum Gasteiger partial charge on any atom is 0.268 e.